The Morgan fingerprint density at radius 3 is 2.17 bits per heavy atom. The van der Waals surface area contributed by atoms with E-state index in [1.165, 1.54) is 76.5 Å². The third-order valence-electron chi connectivity index (χ3n) is 14.0. The van der Waals surface area contributed by atoms with Crippen molar-refractivity contribution < 1.29 is 58.0 Å². The van der Waals surface area contributed by atoms with Crippen LogP contribution >= 0.6 is 68.0 Å². The highest BCUT2D eigenvalue weighted by atomic mass is 32.1. The molecule has 0 fully saturated rings. The lowest BCUT2D eigenvalue weighted by atomic mass is 10.0. The summed E-state index contributed by atoms with van der Waals surface area (Å²) in [6.07, 6.45) is 0.841. The highest BCUT2D eigenvalue weighted by Gasteiger charge is 2.32. The van der Waals surface area contributed by atoms with Gasteiger partial charge in [0.25, 0.3) is 17.7 Å². The van der Waals surface area contributed by atoms with Crippen molar-refractivity contribution >= 4 is 121 Å². The molecule has 476 valence electrons. The second-order valence-corrected chi connectivity index (χ2v) is 26.8. The van der Waals surface area contributed by atoms with Crippen LogP contribution in [0.2, 0.25) is 0 Å². The number of aromatic nitrogens is 8. The summed E-state index contributed by atoms with van der Waals surface area (Å²) in [6, 6.07) is 13.4. The fourth-order valence-corrected chi connectivity index (χ4v) is 14.9. The van der Waals surface area contributed by atoms with Gasteiger partial charge < -0.3 is 46.3 Å². The molecule has 26 nitrogen and oxygen atoms in total. The highest BCUT2D eigenvalue weighted by Crippen LogP contribution is 2.40. The number of nitrogens with zero attached hydrogens (tertiary/aromatic N) is 9. The number of anilines is 1. The minimum absolute atomic E-state index is 0.000300. The van der Waals surface area contributed by atoms with Crippen molar-refractivity contribution in [3.8, 4) is 43.4 Å². The number of methoxy groups -OCH3 is 1. The van der Waals surface area contributed by atoms with Crippen LogP contribution in [0.4, 0.5) is 10.6 Å². The lowest BCUT2D eigenvalue weighted by Gasteiger charge is -2.20. The van der Waals surface area contributed by atoms with Crippen LogP contribution in [-0.4, -0.2) is 125 Å². The Kier molecular flexibility index (Phi) is 21.3. The molecule has 0 radical (unpaired) electrons. The number of amides is 6. The van der Waals surface area contributed by atoms with Gasteiger partial charge in [0.15, 0.2) is 0 Å². The minimum atomic E-state index is -1.17. The number of aryl methyl sites for hydroxylation is 1. The number of rotatable bonds is 17. The molecule has 0 saturated heterocycles. The summed E-state index contributed by atoms with van der Waals surface area (Å²) in [4.78, 5) is 147. The highest BCUT2D eigenvalue weighted by molar-refractivity contribution is 7.15. The zero-order chi connectivity index (χ0) is 65.2. The first-order valence-electron chi connectivity index (χ1n) is 28.4. The maximum Gasteiger partial charge on any atom is 0.415 e. The maximum atomic E-state index is 14.4. The number of pyridine rings is 2. The molecule has 10 bridgehead atoms. The van der Waals surface area contributed by atoms with Gasteiger partial charge in [-0.15, -0.1) is 68.0 Å². The fourth-order valence-electron chi connectivity index (χ4n) is 9.36. The quantitative estimate of drug-likeness (QED) is 0.0417. The zero-order valence-electron chi connectivity index (χ0n) is 49.7. The van der Waals surface area contributed by atoms with E-state index in [2.05, 4.69) is 31.6 Å². The lowest BCUT2D eigenvalue weighted by molar-refractivity contribution is -0.137. The van der Waals surface area contributed by atoms with Crippen molar-refractivity contribution in [1.29, 1.82) is 0 Å². The number of nitrogens with one attached hydrogen (secondary N) is 5. The average molecular weight is 1360 g/mol. The molecule has 32 heteroatoms. The number of unbranched alkanes of at least 4 members (excludes halogenated alkanes) is 1. The van der Waals surface area contributed by atoms with Crippen LogP contribution in [0.3, 0.4) is 0 Å². The van der Waals surface area contributed by atoms with Gasteiger partial charge in [0.2, 0.25) is 11.8 Å². The lowest BCUT2D eigenvalue weighted by Crippen LogP contribution is -2.39. The van der Waals surface area contributed by atoms with E-state index in [1.54, 1.807) is 35.2 Å². The van der Waals surface area contributed by atoms with Gasteiger partial charge in [0.05, 0.1) is 59.5 Å². The molecule has 1 aromatic carbocycles. The Morgan fingerprint density at radius 1 is 0.696 bits per heavy atom. The van der Waals surface area contributed by atoms with E-state index in [9.17, 15) is 48.6 Å². The average Bonchev–Trinajstić information content (AvgIpc) is 1.63. The van der Waals surface area contributed by atoms with Gasteiger partial charge in [-0.05, 0) is 61.9 Å². The number of hydrogen-bond acceptors (Lipinski definition) is 24. The fraction of sp³-hybridized carbons (Fsp3) is 0.300. The summed E-state index contributed by atoms with van der Waals surface area (Å²) >= 11 is 7.24. The Balaban J connectivity index is 1.03. The number of benzene rings is 1. The van der Waals surface area contributed by atoms with Crippen LogP contribution in [0.25, 0.3) is 43.4 Å². The Hall–Kier alpha value is -9.18. The summed E-state index contributed by atoms with van der Waals surface area (Å²) in [6.45, 7) is 4.81. The number of fused-ring (bicyclic) bond motifs is 14. The van der Waals surface area contributed by atoms with Crippen molar-refractivity contribution in [2.24, 2.45) is 5.92 Å². The van der Waals surface area contributed by atoms with E-state index in [0.29, 0.717) is 69.6 Å². The second-order valence-electron chi connectivity index (χ2n) is 21.0. The first-order chi connectivity index (χ1) is 44.3. The minimum Gasteiger partial charge on any atom is -0.481 e. The van der Waals surface area contributed by atoms with Gasteiger partial charge in [-0.25, -0.2) is 44.5 Å². The molecular formula is C60H58N14O12S6. The van der Waals surface area contributed by atoms with E-state index in [1.807, 2.05) is 49.6 Å². The number of carboxylic acids is 2. The van der Waals surface area contributed by atoms with Crippen LogP contribution < -0.4 is 31.5 Å². The molecule has 1 aliphatic rings. The second kappa shape index (κ2) is 29.8. The first-order valence-corrected chi connectivity index (χ1v) is 33.6. The molecule has 1 aliphatic heterocycles. The Labute approximate surface area is 549 Å². The van der Waals surface area contributed by atoms with E-state index >= 15 is 0 Å². The number of thiazole rings is 6. The number of aliphatic carboxylic acids is 1. The predicted octanol–water partition coefficient (Wildman–Crippen LogP) is 9.31. The van der Waals surface area contributed by atoms with Crippen molar-refractivity contribution in [1.82, 2.24) is 66.5 Å². The summed E-state index contributed by atoms with van der Waals surface area (Å²) in [5.74, 6) is -4.98. The zero-order valence-corrected chi connectivity index (χ0v) is 54.6. The third-order valence-corrected chi connectivity index (χ3v) is 19.8. The summed E-state index contributed by atoms with van der Waals surface area (Å²) < 4.78 is 11.1. The van der Waals surface area contributed by atoms with E-state index in [0.717, 1.165) is 34.4 Å². The molecule has 9 aromatic rings. The summed E-state index contributed by atoms with van der Waals surface area (Å²) in [5.41, 5.74) is 3.27. The van der Waals surface area contributed by atoms with Crippen LogP contribution in [0.5, 0.6) is 0 Å². The van der Waals surface area contributed by atoms with Crippen molar-refractivity contribution in [3.63, 3.8) is 0 Å². The molecule has 6 amide bonds. The van der Waals surface area contributed by atoms with E-state index < -0.39 is 72.2 Å². The molecule has 10 rings (SSSR count). The Morgan fingerprint density at radius 2 is 1.43 bits per heavy atom. The molecule has 0 spiro atoms. The standard InChI is InChI=1S/C60H58N14O12S6/c1-29(2)46-58-73-49(41(92-58)24-85-5)51(80)63-22-44(76)64-36(19-31-11-7-6-8-12-31)55-69-40(27-89-55)56-67-38(25-88-56)48-34(53-68-39(26-87-53)50(79)66-37(20-43(75)61-4)57-72-47(30(3)91-57)52(81)71-46)16-17-35(65-48)54-70-42(28-90-54)74(18-10-9-13-45(77)78)60(84)86-23-33-15-14-32(21-62-33)59(82)83/h6-8,11-12,14-17,21,25-29,36-37,46H,9-10,13,18-20,22-24H2,1-5H3,(H,61,75)(H,63,80)(H,64,76)(H,66,79)(H,71,81)(H,77,78)(H,82,83)/t36-,37-,46?/m0/s1. The van der Waals surface area contributed by atoms with Crippen LogP contribution in [0, 0.1) is 12.8 Å². The largest absolute Gasteiger partial charge is 0.481 e. The molecule has 0 saturated carbocycles. The summed E-state index contributed by atoms with van der Waals surface area (Å²) in [5, 5.41) is 42.3. The number of carbonyl (C=O) groups excluding carboxylic acids is 6. The van der Waals surface area contributed by atoms with Gasteiger partial charge >= 0.3 is 18.0 Å². The topological polar surface area (TPSA) is 362 Å². The van der Waals surface area contributed by atoms with E-state index in [4.69, 9.17) is 44.4 Å². The van der Waals surface area contributed by atoms with Gasteiger partial charge in [-0.2, -0.15) is 0 Å². The molecular weight excluding hydrogens is 1300 g/mol. The molecule has 1 unspecified atom stereocenters. The number of hydrogen-bond donors (Lipinski definition) is 7. The molecule has 9 heterocycles. The number of ether oxygens (including phenoxy) is 2. The Bertz CT molecular complexity index is 4200. The number of carboxylic acid groups (broad SMARTS) is 2. The van der Waals surface area contributed by atoms with Crippen LogP contribution in [0.1, 0.15) is 136 Å². The van der Waals surface area contributed by atoms with Gasteiger partial charge in [0, 0.05) is 65.3 Å². The number of aromatic carboxylic acids is 1. The van der Waals surface area contributed by atoms with Gasteiger partial charge in [0.1, 0.15) is 76.6 Å². The van der Waals surface area contributed by atoms with Gasteiger partial charge in [-0.3, -0.25) is 38.7 Å². The molecule has 7 N–H and O–H groups in total. The first kappa shape index (κ1) is 65.8. The normalized spacial score (nSPS) is 15.4. The third kappa shape index (κ3) is 15.9. The smallest absolute Gasteiger partial charge is 0.415 e. The van der Waals surface area contributed by atoms with E-state index in [-0.39, 0.29) is 90.5 Å². The van der Waals surface area contributed by atoms with Crippen molar-refractivity contribution in [2.45, 2.75) is 84.2 Å². The van der Waals surface area contributed by atoms with Crippen molar-refractivity contribution in [3.05, 3.63) is 141 Å². The van der Waals surface area contributed by atoms with Crippen molar-refractivity contribution in [2.75, 3.05) is 32.1 Å². The predicted molar refractivity (Wildman–Crippen MR) is 346 cm³/mol. The van der Waals surface area contributed by atoms with Crippen LogP contribution in [-0.2, 0) is 43.5 Å². The van der Waals surface area contributed by atoms with Gasteiger partial charge in [-0.1, -0.05) is 44.2 Å². The number of carbonyl (C=O) groups is 8. The monoisotopic (exact) mass is 1360 g/mol. The molecule has 0 aliphatic carbocycles. The molecule has 92 heavy (non-hydrogen) atoms. The molecule has 3 atom stereocenters. The van der Waals surface area contributed by atoms with Crippen LogP contribution in [0.15, 0.2) is 82.3 Å². The SMILES string of the molecule is CNC(=O)C[C@@H]1NC(=O)c2csc(n2)-c2ccc(-c3nc(N(CCCCC(=O)O)C(=O)OCc4ccc(C(=O)O)cn4)cs3)nc2-c2csc(n2)-c2csc(n2)[C@H](Cc2ccccc2)NC(=O)CNC(=O)c2nc(sc2COC)C(C(C)C)NC(=O)c2nc1sc2C. The maximum absolute atomic E-state index is 14.4. The molecule has 8 aromatic heterocycles. The summed E-state index contributed by atoms with van der Waals surface area (Å²) in [7, 11) is 2.94.